The summed E-state index contributed by atoms with van der Waals surface area (Å²) in [6.07, 6.45) is -7.02. The summed E-state index contributed by atoms with van der Waals surface area (Å²) in [4.78, 5) is 3.49. The predicted molar refractivity (Wildman–Crippen MR) is 62.3 cm³/mol. The Kier molecular flexibility index (Phi) is 4.15. The summed E-state index contributed by atoms with van der Waals surface area (Å²) in [5.74, 6) is -0.172. The molecule has 0 unspecified atom stereocenters. The van der Waals surface area contributed by atoms with Crippen molar-refractivity contribution in [3.8, 4) is 5.82 Å². The summed E-state index contributed by atoms with van der Waals surface area (Å²) in [7, 11) is 0. The van der Waals surface area contributed by atoms with Crippen LogP contribution in [0.2, 0.25) is 5.15 Å². The van der Waals surface area contributed by atoms with Gasteiger partial charge in [-0.2, -0.15) is 18.3 Å². The third-order valence-electron chi connectivity index (χ3n) is 2.61. The van der Waals surface area contributed by atoms with E-state index in [2.05, 4.69) is 10.1 Å². The zero-order valence-electron chi connectivity index (χ0n) is 10.1. The van der Waals surface area contributed by atoms with Crippen molar-refractivity contribution in [1.82, 2.24) is 14.8 Å². The summed E-state index contributed by atoms with van der Waals surface area (Å²) in [6, 6.07) is 1.67. The van der Waals surface area contributed by atoms with E-state index >= 15 is 0 Å². The number of nitrogens with zero attached hydrogens (tertiary/aromatic N) is 3. The molecule has 1 N–H and O–H groups in total. The van der Waals surface area contributed by atoms with E-state index in [-0.39, 0.29) is 16.5 Å². The van der Waals surface area contributed by atoms with Crippen molar-refractivity contribution in [2.45, 2.75) is 19.2 Å². The van der Waals surface area contributed by atoms with Gasteiger partial charge in [-0.3, -0.25) is 0 Å². The van der Waals surface area contributed by atoms with E-state index in [0.29, 0.717) is 6.20 Å². The summed E-state index contributed by atoms with van der Waals surface area (Å²) in [5, 5.41) is 12.2. The maximum Gasteiger partial charge on any atom is 0.417 e. The number of rotatable bonds is 3. The Labute approximate surface area is 119 Å². The number of hydrogen-bond donors (Lipinski definition) is 1. The highest BCUT2D eigenvalue weighted by molar-refractivity contribution is 6.30. The van der Waals surface area contributed by atoms with Gasteiger partial charge < -0.3 is 5.11 Å². The van der Waals surface area contributed by atoms with Crippen molar-refractivity contribution in [2.75, 3.05) is 0 Å². The molecule has 0 saturated carbocycles. The van der Waals surface area contributed by atoms with E-state index in [0.717, 1.165) is 16.8 Å². The number of aliphatic hydroxyl groups excluding tert-OH is 1. The predicted octanol–water partition coefficient (Wildman–Crippen LogP) is 3.37. The molecular weight excluding hydrogens is 321 g/mol. The molecule has 2 aromatic rings. The van der Waals surface area contributed by atoms with Crippen LogP contribution in [-0.2, 0) is 12.8 Å². The fraction of sp³-hybridized carbons (Fsp3) is 0.273. The summed E-state index contributed by atoms with van der Waals surface area (Å²) in [6.45, 7) is -0.779. The molecule has 2 heterocycles. The molecule has 2 rings (SSSR count). The highest BCUT2D eigenvalue weighted by Gasteiger charge is 2.31. The van der Waals surface area contributed by atoms with Crippen LogP contribution in [0.25, 0.3) is 5.82 Å². The fourth-order valence-corrected chi connectivity index (χ4v) is 1.88. The van der Waals surface area contributed by atoms with Gasteiger partial charge in [0.25, 0.3) is 6.43 Å². The van der Waals surface area contributed by atoms with Gasteiger partial charge in [0.05, 0.1) is 12.2 Å². The lowest BCUT2D eigenvalue weighted by atomic mass is 10.2. The number of hydrogen-bond acceptors (Lipinski definition) is 3. The second-order valence-electron chi connectivity index (χ2n) is 3.93. The zero-order valence-corrected chi connectivity index (χ0v) is 10.8. The van der Waals surface area contributed by atoms with Crippen LogP contribution in [0.4, 0.5) is 22.0 Å². The van der Waals surface area contributed by atoms with Gasteiger partial charge in [-0.1, -0.05) is 11.6 Å². The molecule has 0 aliphatic heterocycles. The maximum absolute atomic E-state index is 12.7. The van der Waals surface area contributed by atoms with E-state index in [1.807, 2.05) is 0 Å². The smallest absolute Gasteiger partial charge is 0.391 e. The molecule has 10 heteroatoms. The van der Waals surface area contributed by atoms with Crippen LogP contribution in [0.1, 0.15) is 23.2 Å². The first-order valence-electron chi connectivity index (χ1n) is 5.45. The highest BCUT2D eigenvalue weighted by Crippen LogP contribution is 2.31. The third kappa shape index (κ3) is 2.98. The zero-order chi connectivity index (χ0) is 15.8. The van der Waals surface area contributed by atoms with Gasteiger partial charge in [0.1, 0.15) is 10.8 Å². The summed E-state index contributed by atoms with van der Waals surface area (Å²) in [5.41, 5.74) is -2.04. The Bertz CT molecular complexity index is 639. The molecule has 0 radical (unpaired) electrons. The minimum atomic E-state index is -4.57. The Morgan fingerprint density at radius 3 is 2.33 bits per heavy atom. The Morgan fingerprint density at radius 2 is 1.95 bits per heavy atom. The Morgan fingerprint density at radius 1 is 1.29 bits per heavy atom. The van der Waals surface area contributed by atoms with Crippen molar-refractivity contribution in [3.63, 3.8) is 0 Å². The number of aliphatic hydroxyl groups is 1. The van der Waals surface area contributed by atoms with Crippen LogP contribution >= 0.6 is 11.6 Å². The number of halogens is 6. The van der Waals surface area contributed by atoms with Crippen molar-refractivity contribution in [2.24, 2.45) is 0 Å². The van der Waals surface area contributed by atoms with Crippen molar-refractivity contribution in [3.05, 3.63) is 40.3 Å². The monoisotopic (exact) mass is 327 g/mol. The fourth-order valence-electron chi connectivity index (χ4n) is 1.60. The first kappa shape index (κ1) is 15.6. The lowest BCUT2D eigenvalue weighted by Gasteiger charge is -2.07. The largest absolute Gasteiger partial charge is 0.417 e. The van der Waals surface area contributed by atoms with Crippen LogP contribution in [0.15, 0.2) is 18.3 Å². The van der Waals surface area contributed by atoms with Gasteiger partial charge in [0, 0.05) is 11.8 Å². The number of pyridine rings is 1. The van der Waals surface area contributed by atoms with Crippen LogP contribution in [0.5, 0.6) is 0 Å². The molecule has 2 aromatic heterocycles. The first-order chi connectivity index (χ1) is 9.75. The minimum Gasteiger partial charge on any atom is -0.391 e. The molecule has 0 bridgehead atoms. The lowest BCUT2D eigenvalue weighted by Crippen LogP contribution is -2.07. The first-order valence-corrected chi connectivity index (χ1v) is 5.83. The van der Waals surface area contributed by atoms with Crippen LogP contribution in [-0.4, -0.2) is 19.9 Å². The van der Waals surface area contributed by atoms with Crippen LogP contribution in [0, 0.1) is 0 Å². The molecule has 21 heavy (non-hydrogen) atoms. The normalized spacial score (nSPS) is 12.2. The van der Waals surface area contributed by atoms with Crippen molar-refractivity contribution >= 4 is 11.6 Å². The number of aromatic nitrogens is 3. The molecule has 0 spiro atoms. The molecule has 114 valence electrons. The quantitative estimate of drug-likeness (QED) is 0.879. The maximum atomic E-state index is 12.7. The second kappa shape index (κ2) is 5.57. The molecule has 0 aromatic carbocycles. The van der Waals surface area contributed by atoms with Gasteiger partial charge in [-0.15, -0.1) is 0 Å². The number of alkyl halides is 5. The van der Waals surface area contributed by atoms with Gasteiger partial charge in [0.2, 0.25) is 0 Å². The lowest BCUT2D eigenvalue weighted by molar-refractivity contribution is -0.137. The molecule has 0 aliphatic carbocycles. The summed E-state index contributed by atoms with van der Waals surface area (Å²) >= 11 is 5.78. The Balaban J connectivity index is 2.47. The van der Waals surface area contributed by atoms with Crippen molar-refractivity contribution < 1.29 is 27.1 Å². The van der Waals surface area contributed by atoms with Crippen molar-refractivity contribution in [1.29, 1.82) is 0 Å². The van der Waals surface area contributed by atoms with E-state index in [4.69, 9.17) is 16.7 Å². The third-order valence-corrected chi connectivity index (χ3v) is 3.00. The van der Waals surface area contributed by atoms with Gasteiger partial charge in [-0.25, -0.2) is 18.4 Å². The average molecular weight is 328 g/mol. The van der Waals surface area contributed by atoms with Gasteiger partial charge >= 0.3 is 6.18 Å². The van der Waals surface area contributed by atoms with Gasteiger partial charge in [0.15, 0.2) is 5.82 Å². The molecule has 0 amide bonds. The molecule has 0 saturated heterocycles. The van der Waals surface area contributed by atoms with Crippen LogP contribution in [0.3, 0.4) is 0 Å². The average Bonchev–Trinajstić information content (AvgIpc) is 2.75. The molecule has 4 nitrogen and oxygen atoms in total. The topological polar surface area (TPSA) is 50.9 Å². The van der Waals surface area contributed by atoms with E-state index < -0.39 is 30.5 Å². The Hall–Kier alpha value is -1.74. The summed E-state index contributed by atoms with van der Waals surface area (Å²) < 4.78 is 63.4. The SMILES string of the molecule is OCc1c(C(F)F)nn(-c2ccc(C(F)(F)F)cn2)c1Cl. The van der Waals surface area contributed by atoms with Crippen LogP contribution < -0.4 is 0 Å². The molecule has 0 atom stereocenters. The highest BCUT2D eigenvalue weighted by atomic mass is 35.5. The molecular formula is C11H7ClF5N3O. The minimum absolute atomic E-state index is 0.172. The van der Waals surface area contributed by atoms with Gasteiger partial charge in [-0.05, 0) is 12.1 Å². The molecule has 0 fully saturated rings. The van der Waals surface area contributed by atoms with E-state index in [9.17, 15) is 22.0 Å². The van der Waals surface area contributed by atoms with E-state index in [1.54, 1.807) is 0 Å². The van der Waals surface area contributed by atoms with E-state index in [1.165, 1.54) is 0 Å². The second-order valence-corrected chi connectivity index (χ2v) is 4.29. The standard InChI is InChI=1S/C11H7ClF5N3O/c12-9-6(4-21)8(10(13)14)19-20(9)7-2-1-5(3-18-7)11(15,16)17/h1-3,10,21H,4H2. The molecule has 0 aliphatic rings.